The molecule has 4 amide bonds. The molecule has 70 heavy (non-hydrogen) atoms. The fourth-order valence-corrected chi connectivity index (χ4v) is 11.5. The molecule has 2 atom stereocenters. The highest BCUT2D eigenvalue weighted by Gasteiger charge is 2.52. The molecular weight excluding hydrogens is 917 g/mol. The van der Waals surface area contributed by atoms with Crippen LogP contribution >= 0.6 is 23.5 Å². The Morgan fingerprint density at radius 1 is 0.600 bits per heavy atom. The zero-order valence-corrected chi connectivity index (χ0v) is 40.6. The van der Waals surface area contributed by atoms with E-state index in [9.17, 15) is 29.1 Å². The highest BCUT2D eigenvalue weighted by molar-refractivity contribution is 8.00. The number of thioether (sulfide) groups is 2. The quantitative estimate of drug-likeness (QED) is 0.0177. The van der Waals surface area contributed by atoms with Crippen LogP contribution in [0.2, 0.25) is 0 Å². The molecule has 0 spiro atoms. The smallest absolute Gasteiger partial charge is 0.325 e. The van der Waals surface area contributed by atoms with Gasteiger partial charge >= 0.3 is 5.97 Å². The maximum atomic E-state index is 14.3. The number of nitrogens with one attached hydrogen (secondary N) is 4. The fraction of sp³-hybridized carbons (Fsp3) is 0.246. The minimum absolute atomic E-state index is 0.0506. The Hall–Kier alpha value is -6.93. The highest BCUT2D eigenvalue weighted by atomic mass is 32.2. The molecule has 6 aromatic carbocycles. The number of carbonyl (C=O) groups is 5. The lowest BCUT2D eigenvalue weighted by Gasteiger charge is -2.36. The van der Waals surface area contributed by atoms with Gasteiger partial charge in [-0.2, -0.15) is 0 Å². The van der Waals surface area contributed by atoms with E-state index in [4.69, 9.17) is 0 Å². The van der Waals surface area contributed by atoms with Crippen LogP contribution in [0.25, 0.3) is 0 Å². The minimum Gasteiger partial charge on any atom is -0.468 e. The molecule has 1 aliphatic carbocycles. The molecule has 1 saturated carbocycles. The molecule has 0 aliphatic heterocycles. The van der Waals surface area contributed by atoms with Crippen molar-refractivity contribution in [3.63, 3.8) is 0 Å². The average molecular weight is 975 g/mol. The lowest BCUT2D eigenvalue weighted by atomic mass is 9.84. The summed E-state index contributed by atoms with van der Waals surface area (Å²) in [6.45, 7) is -0.828. The molecule has 13 heteroatoms. The second-order valence-corrected chi connectivity index (χ2v) is 19.5. The highest BCUT2D eigenvalue weighted by Crippen LogP contribution is 2.50. The topological polar surface area (TPSA) is 163 Å². The summed E-state index contributed by atoms with van der Waals surface area (Å²) >= 11 is 3.25. The molecule has 0 bridgehead atoms. The standard InChI is InChI=1S/C57H58N4O7S2/c1-68-52(65)40-59-54(67)55(35-36-55)61-53(66)49(41-70-57(45-28-14-5-15-29-45,46-30-16-6-17-31-46)47-32-18-7-19-33-47)60-51(64)39-58-50(63)38-48(62)34-20-21-37-69-56(42-22-8-2-9-23-42,43-24-10-3-11-25-43)44-26-12-4-13-27-44/h2-20,22-34,48-49,62H,21,35-41H2,1H3,(H,58,63)(H,59,67)(H,60,64)(H,61,66)/t48-,49-/m1/s1. The number of aliphatic hydroxyl groups is 1. The normalized spacial score (nSPS) is 13.9. The van der Waals surface area contributed by atoms with Gasteiger partial charge in [0.05, 0.1) is 35.7 Å². The number of methoxy groups -OCH3 is 1. The van der Waals surface area contributed by atoms with E-state index < -0.39 is 63.3 Å². The van der Waals surface area contributed by atoms with Gasteiger partial charge in [-0.1, -0.05) is 194 Å². The van der Waals surface area contributed by atoms with Crippen molar-refractivity contribution in [2.24, 2.45) is 0 Å². The van der Waals surface area contributed by atoms with Crippen LogP contribution < -0.4 is 21.3 Å². The maximum absolute atomic E-state index is 14.3. The van der Waals surface area contributed by atoms with Crippen molar-refractivity contribution in [1.29, 1.82) is 0 Å². The van der Waals surface area contributed by atoms with E-state index in [0.717, 1.165) is 33.4 Å². The molecular formula is C57H58N4O7S2. The lowest BCUT2D eigenvalue weighted by Crippen LogP contribution is -2.57. The van der Waals surface area contributed by atoms with Crippen molar-refractivity contribution in [2.45, 2.75) is 52.9 Å². The summed E-state index contributed by atoms with van der Waals surface area (Å²) in [5.74, 6) is -2.20. The molecule has 0 radical (unpaired) electrons. The summed E-state index contributed by atoms with van der Waals surface area (Å²) in [7, 11) is 1.22. The van der Waals surface area contributed by atoms with E-state index in [0.29, 0.717) is 25.0 Å². The Kier molecular flexibility index (Phi) is 17.9. The third-order valence-corrected chi connectivity index (χ3v) is 15.4. The third-order valence-electron chi connectivity index (χ3n) is 12.2. The number of allylic oxidation sites excluding steroid dienone is 1. The molecule has 1 aliphatic rings. The predicted octanol–water partition coefficient (Wildman–Crippen LogP) is 7.67. The number of hydrogen-bond donors (Lipinski definition) is 5. The number of amides is 4. The molecule has 0 aromatic heterocycles. The van der Waals surface area contributed by atoms with Gasteiger partial charge in [-0.15, -0.1) is 23.5 Å². The Morgan fingerprint density at radius 2 is 1.01 bits per heavy atom. The van der Waals surface area contributed by atoms with Crippen molar-refractivity contribution in [1.82, 2.24) is 21.3 Å². The van der Waals surface area contributed by atoms with Crippen LogP contribution in [0.1, 0.15) is 59.1 Å². The van der Waals surface area contributed by atoms with Crippen LogP contribution in [0, 0.1) is 0 Å². The van der Waals surface area contributed by atoms with Gasteiger partial charge in [0, 0.05) is 5.75 Å². The van der Waals surface area contributed by atoms with Crippen molar-refractivity contribution < 1.29 is 33.8 Å². The first kappa shape index (κ1) is 50.9. The summed E-state index contributed by atoms with van der Waals surface area (Å²) in [5, 5.41) is 21.7. The van der Waals surface area contributed by atoms with Gasteiger partial charge in [-0.25, -0.2) is 0 Å². The lowest BCUT2D eigenvalue weighted by molar-refractivity contribution is -0.141. The fourth-order valence-electron chi connectivity index (χ4n) is 8.47. The number of aliphatic hydroxyl groups excluding tert-OH is 1. The predicted molar refractivity (Wildman–Crippen MR) is 278 cm³/mol. The van der Waals surface area contributed by atoms with Crippen LogP contribution in [-0.4, -0.2) is 84.1 Å². The second-order valence-electron chi connectivity index (χ2n) is 16.9. The van der Waals surface area contributed by atoms with Gasteiger partial charge in [0.15, 0.2) is 0 Å². The molecule has 360 valence electrons. The zero-order chi connectivity index (χ0) is 49.2. The average Bonchev–Trinajstić information content (AvgIpc) is 4.20. The summed E-state index contributed by atoms with van der Waals surface area (Å²) in [6, 6.07) is 59.7. The maximum Gasteiger partial charge on any atom is 0.325 e. The number of rotatable bonds is 24. The van der Waals surface area contributed by atoms with E-state index in [1.165, 1.54) is 18.9 Å². The summed E-state index contributed by atoms with van der Waals surface area (Å²) in [5.41, 5.74) is 5.03. The molecule has 11 nitrogen and oxygen atoms in total. The van der Waals surface area contributed by atoms with Gasteiger partial charge in [0.25, 0.3) is 0 Å². The summed E-state index contributed by atoms with van der Waals surface area (Å²) in [6.07, 6.45) is 3.37. The first-order valence-corrected chi connectivity index (χ1v) is 25.3. The monoisotopic (exact) mass is 974 g/mol. The van der Waals surface area contributed by atoms with E-state index >= 15 is 0 Å². The van der Waals surface area contributed by atoms with Crippen LogP contribution in [0.4, 0.5) is 0 Å². The van der Waals surface area contributed by atoms with Crippen molar-refractivity contribution >= 4 is 53.1 Å². The number of hydrogen-bond acceptors (Lipinski definition) is 9. The third kappa shape index (κ3) is 12.6. The first-order chi connectivity index (χ1) is 34.1. The van der Waals surface area contributed by atoms with Crippen LogP contribution in [-0.2, 0) is 38.2 Å². The minimum atomic E-state index is -1.26. The van der Waals surface area contributed by atoms with E-state index in [-0.39, 0.29) is 18.7 Å². The zero-order valence-electron chi connectivity index (χ0n) is 39.0. The van der Waals surface area contributed by atoms with Crippen molar-refractivity contribution in [2.75, 3.05) is 31.7 Å². The van der Waals surface area contributed by atoms with Crippen LogP contribution in [0.5, 0.6) is 0 Å². The number of benzene rings is 6. The number of esters is 1. The first-order valence-electron chi connectivity index (χ1n) is 23.3. The molecule has 0 heterocycles. The Labute approximate surface area is 418 Å². The van der Waals surface area contributed by atoms with Crippen molar-refractivity contribution in [3.05, 3.63) is 228 Å². The Bertz CT molecular complexity index is 2480. The Morgan fingerprint density at radius 3 is 1.41 bits per heavy atom. The molecule has 0 unspecified atom stereocenters. The molecule has 7 rings (SSSR count). The van der Waals surface area contributed by atoms with Crippen LogP contribution in [0.3, 0.4) is 0 Å². The van der Waals surface area contributed by atoms with Gasteiger partial charge in [0.2, 0.25) is 23.6 Å². The largest absolute Gasteiger partial charge is 0.468 e. The summed E-state index contributed by atoms with van der Waals surface area (Å²) in [4.78, 5) is 66.3. The van der Waals surface area contributed by atoms with E-state index in [2.05, 4.69) is 98.8 Å². The van der Waals surface area contributed by atoms with Crippen molar-refractivity contribution in [3.8, 4) is 0 Å². The molecule has 5 N–H and O–H groups in total. The number of ether oxygens (including phenoxy) is 1. The molecule has 0 saturated heterocycles. The SMILES string of the molecule is COC(=O)CNC(=O)C1(NC(=O)[C@@H](CSC(c2ccccc2)(c2ccccc2)c2ccccc2)NC(=O)CNC(=O)C[C@H](O)C=CCCSC(c2ccccc2)(c2ccccc2)c2ccccc2)CC1. The van der Waals surface area contributed by atoms with E-state index in [1.54, 1.807) is 17.8 Å². The number of carbonyl (C=O) groups excluding carboxylic acids is 5. The Balaban J connectivity index is 1.01. The van der Waals surface area contributed by atoms with Gasteiger partial charge in [0.1, 0.15) is 18.1 Å². The van der Waals surface area contributed by atoms with Gasteiger partial charge in [-0.3, -0.25) is 24.0 Å². The van der Waals surface area contributed by atoms with Gasteiger partial charge in [-0.05, 0) is 58.4 Å². The van der Waals surface area contributed by atoms with Gasteiger partial charge < -0.3 is 31.1 Å². The van der Waals surface area contributed by atoms with E-state index in [1.807, 2.05) is 115 Å². The second kappa shape index (κ2) is 24.6. The molecule has 1 fully saturated rings. The molecule has 6 aromatic rings. The van der Waals surface area contributed by atoms with Crippen LogP contribution in [0.15, 0.2) is 194 Å². The summed E-state index contributed by atoms with van der Waals surface area (Å²) < 4.78 is 3.34.